The summed E-state index contributed by atoms with van der Waals surface area (Å²) in [7, 11) is 1.28. The van der Waals surface area contributed by atoms with Gasteiger partial charge in [0.05, 0.1) is 0 Å². The SMILES string of the molecule is CON=C(C(=O)NC1C(=O)N2C(C(=O)O)=C(CSc3nncs3)CS[C@@H]12)c1csc(N)n1. The molecule has 1 unspecified atom stereocenters. The van der Waals surface area contributed by atoms with Gasteiger partial charge in [0.2, 0.25) is 0 Å². The molecule has 2 amide bonds. The van der Waals surface area contributed by atoms with Crippen molar-refractivity contribution >= 4 is 74.8 Å². The second kappa shape index (κ2) is 9.43. The Hall–Kier alpha value is -2.69. The third kappa shape index (κ3) is 4.30. The Morgan fingerprint density at radius 1 is 1.47 bits per heavy atom. The fourth-order valence-electron chi connectivity index (χ4n) is 3.07. The first-order valence-corrected chi connectivity index (χ1v) is 12.6. The van der Waals surface area contributed by atoms with E-state index in [-0.39, 0.29) is 22.2 Å². The Bertz CT molecular complexity index is 1120. The van der Waals surface area contributed by atoms with E-state index < -0.39 is 29.2 Å². The van der Waals surface area contributed by atoms with E-state index in [9.17, 15) is 19.5 Å². The minimum atomic E-state index is -1.19. The van der Waals surface area contributed by atoms with Crippen LogP contribution in [0.4, 0.5) is 5.13 Å². The Labute approximate surface area is 197 Å². The first kappa shape index (κ1) is 22.5. The number of nitrogens with zero attached hydrogens (tertiary/aromatic N) is 5. The van der Waals surface area contributed by atoms with Crippen LogP contribution in [0, 0.1) is 0 Å². The molecular formula is C16H15N7O5S4. The summed E-state index contributed by atoms with van der Waals surface area (Å²) in [4.78, 5) is 47.5. The van der Waals surface area contributed by atoms with Crippen LogP contribution in [0.2, 0.25) is 0 Å². The van der Waals surface area contributed by atoms with E-state index in [2.05, 4.69) is 25.7 Å². The predicted molar refractivity (Wildman–Crippen MR) is 120 cm³/mol. The quantitative estimate of drug-likeness (QED) is 0.194. The number of nitrogens with two attached hydrogens (primary N) is 1. The number of anilines is 1. The van der Waals surface area contributed by atoms with Crippen LogP contribution in [0.3, 0.4) is 0 Å². The first-order chi connectivity index (χ1) is 15.4. The molecule has 16 heteroatoms. The second-order valence-electron chi connectivity index (χ2n) is 6.31. The molecule has 0 radical (unpaired) electrons. The smallest absolute Gasteiger partial charge is 0.352 e. The number of aliphatic carboxylic acids is 1. The molecule has 0 aromatic carbocycles. The number of hydrogen-bond donors (Lipinski definition) is 3. The lowest BCUT2D eigenvalue weighted by atomic mass is 10.0. The third-order valence-electron chi connectivity index (χ3n) is 4.41. The summed E-state index contributed by atoms with van der Waals surface area (Å²) in [6.07, 6.45) is 0. The summed E-state index contributed by atoms with van der Waals surface area (Å²) in [6.45, 7) is 0. The van der Waals surface area contributed by atoms with E-state index in [4.69, 9.17) is 10.6 Å². The Kier molecular flexibility index (Phi) is 6.63. The van der Waals surface area contributed by atoms with Crippen LogP contribution in [-0.4, -0.2) is 78.7 Å². The van der Waals surface area contributed by atoms with Crippen LogP contribution in [0.5, 0.6) is 0 Å². The number of nitrogen functional groups attached to an aromatic ring is 1. The Morgan fingerprint density at radius 2 is 2.28 bits per heavy atom. The van der Waals surface area contributed by atoms with Gasteiger partial charge in [0, 0.05) is 16.9 Å². The molecule has 1 fully saturated rings. The van der Waals surface area contributed by atoms with Gasteiger partial charge in [0.25, 0.3) is 11.8 Å². The highest BCUT2D eigenvalue weighted by Gasteiger charge is 2.54. The van der Waals surface area contributed by atoms with Gasteiger partial charge < -0.3 is 21.0 Å². The number of amides is 2. The number of carboxylic acids is 1. The molecule has 0 bridgehead atoms. The zero-order valence-electron chi connectivity index (χ0n) is 16.3. The molecule has 2 aliphatic rings. The average Bonchev–Trinajstić information content (AvgIpc) is 3.45. The molecule has 2 aromatic heterocycles. The van der Waals surface area contributed by atoms with Crippen LogP contribution >= 0.6 is 46.2 Å². The lowest BCUT2D eigenvalue weighted by molar-refractivity contribution is -0.150. The molecule has 168 valence electrons. The standard InChI is InChI=1S/C16H15N7O5S4/c1-28-22-8(7-4-30-15(17)19-7)11(24)20-9-12(25)23-10(14(26)27)6(2-29-13(9)23)3-31-16-21-18-5-32-16/h4-5,9,13H,2-3H2,1H3,(H2,17,19)(H,20,24)(H,26,27)/t9?,13-/m0/s1. The molecule has 12 nitrogen and oxygen atoms in total. The van der Waals surface area contributed by atoms with E-state index in [1.54, 1.807) is 10.9 Å². The van der Waals surface area contributed by atoms with Gasteiger partial charge >= 0.3 is 5.97 Å². The van der Waals surface area contributed by atoms with Gasteiger partial charge in [-0.25, -0.2) is 9.78 Å². The van der Waals surface area contributed by atoms with Crippen molar-refractivity contribution in [3.63, 3.8) is 0 Å². The van der Waals surface area contributed by atoms with Crippen LogP contribution in [0.25, 0.3) is 0 Å². The molecule has 2 aliphatic heterocycles. The summed E-state index contributed by atoms with van der Waals surface area (Å²) in [5.74, 6) is -1.61. The number of fused-ring (bicyclic) bond motifs is 1. The van der Waals surface area contributed by atoms with Crippen LogP contribution < -0.4 is 11.1 Å². The van der Waals surface area contributed by atoms with E-state index >= 15 is 0 Å². The fraction of sp³-hybridized carbons (Fsp3) is 0.312. The minimum absolute atomic E-state index is 0.0562. The van der Waals surface area contributed by atoms with Crippen molar-refractivity contribution in [2.45, 2.75) is 15.8 Å². The number of thioether (sulfide) groups is 2. The molecule has 4 rings (SSSR count). The fourth-order valence-corrected chi connectivity index (χ4v) is 6.59. The second-order valence-corrected chi connectivity index (χ2v) is 10.4. The van der Waals surface area contributed by atoms with Crippen molar-refractivity contribution < 1.29 is 24.3 Å². The van der Waals surface area contributed by atoms with Gasteiger partial charge in [-0.3, -0.25) is 14.5 Å². The van der Waals surface area contributed by atoms with Crippen LogP contribution in [-0.2, 0) is 19.2 Å². The van der Waals surface area contributed by atoms with Gasteiger partial charge in [-0.15, -0.1) is 33.3 Å². The van der Waals surface area contributed by atoms with Gasteiger partial charge in [-0.1, -0.05) is 28.3 Å². The summed E-state index contributed by atoms with van der Waals surface area (Å²) in [5.41, 5.74) is 7.85. The molecule has 0 spiro atoms. The summed E-state index contributed by atoms with van der Waals surface area (Å²) in [6, 6.07) is -0.905. The normalized spacial score (nSPS) is 20.6. The lowest BCUT2D eigenvalue weighted by Crippen LogP contribution is -2.71. The van der Waals surface area contributed by atoms with Crippen LogP contribution in [0.15, 0.2) is 31.7 Å². The maximum atomic E-state index is 12.8. The monoisotopic (exact) mass is 513 g/mol. The highest BCUT2D eigenvalue weighted by Crippen LogP contribution is 2.41. The molecule has 2 aromatic rings. The summed E-state index contributed by atoms with van der Waals surface area (Å²) >= 11 is 5.22. The molecule has 1 saturated heterocycles. The van der Waals surface area contributed by atoms with Gasteiger partial charge in [0.15, 0.2) is 15.2 Å². The molecule has 0 aliphatic carbocycles. The zero-order chi connectivity index (χ0) is 22.8. The third-order valence-corrected chi connectivity index (χ3v) is 8.37. The van der Waals surface area contributed by atoms with E-state index in [0.717, 1.165) is 11.3 Å². The maximum Gasteiger partial charge on any atom is 0.352 e. The molecule has 0 saturated carbocycles. The number of oxime groups is 1. The number of hydrogen-bond acceptors (Lipinski definition) is 13. The number of aromatic nitrogens is 3. The Balaban J connectivity index is 1.49. The van der Waals surface area contributed by atoms with Gasteiger partial charge in [-0.05, 0) is 5.57 Å². The molecule has 32 heavy (non-hydrogen) atoms. The number of carbonyl (C=O) groups is 3. The van der Waals surface area contributed by atoms with Gasteiger partial charge in [0.1, 0.15) is 35.4 Å². The Morgan fingerprint density at radius 3 is 2.91 bits per heavy atom. The summed E-state index contributed by atoms with van der Waals surface area (Å²) in [5, 5.41) is 25.0. The average molecular weight is 514 g/mol. The molecule has 4 N–H and O–H groups in total. The predicted octanol–water partition coefficient (Wildman–Crippen LogP) is 0.458. The zero-order valence-corrected chi connectivity index (χ0v) is 19.5. The highest BCUT2D eigenvalue weighted by atomic mass is 32.2. The number of thiazole rings is 1. The van der Waals surface area contributed by atoms with Gasteiger partial charge in [-0.2, -0.15) is 0 Å². The number of rotatable bonds is 8. The first-order valence-electron chi connectivity index (χ1n) is 8.83. The molecular weight excluding hydrogens is 498 g/mol. The van der Waals surface area contributed by atoms with E-state index in [1.807, 2.05) is 0 Å². The number of carboxylic acid groups (broad SMARTS) is 1. The summed E-state index contributed by atoms with van der Waals surface area (Å²) < 4.78 is 0.710. The largest absolute Gasteiger partial charge is 0.477 e. The minimum Gasteiger partial charge on any atom is -0.477 e. The molecule has 4 heterocycles. The van der Waals surface area contributed by atoms with Crippen molar-refractivity contribution in [3.8, 4) is 0 Å². The number of carbonyl (C=O) groups excluding carboxylic acids is 2. The lowest BCUT2D eigenvalue weighted by Gasteiger charge is -2.49. The maximum absolute atomic E-state index is 12.8. The van der Waals surface area contributed by atoms with Crippen molar-refractivity contribution in [3.05, 3.63) is 27.9 Å². The number of nitrogens with one attached hydrogen (secondary N) is 1. The molecule has 2 atom stereocenters. The van der Waals surface area contributed by atoms with Crippen molar-refractivity contribution in [2.24, 2.45) is 5.16 Å². The van der Waals surface area contributed by atoms with Crippen LogP contribution in [0.1, 0.15) is 5.69 Å². The van der Waals surface area contributed by atoms with Crippen molar-refractivity contribution in [1.29, 1.82) is 0 Å². The highest BCUT2D eigenvalue weighted by molar-refractivity contribution is 8.01. The topological polar surface area (TPSA) is 173 Å². The van der Waals surface area contributed by atoms with Crippen molar-refractivity contribution in [2.75, 3.05) is 24.3 Å². The van der Waals surface area contributed by atoms with Crippen molar-refractivity contribution in [1.82, 2.24) is 25.4 Å². The van der Waals surface area contributed by atoms with E-state index in [0.29, 0.717) is 21.4 Å². The number of β-lactam (4-membered cyclic amide) rings is 1. The van der Waals surface area contributed by atoms with E-state index in [1.165, 1.54) is 46.9 Å².